The summed E-state index contributed by atoms with van der Waals surface area (Å²) in [5.74, 6) is -1.22. The molecule has 0 aliphatic heterocycles. The van der Waals surface area contributed by atoms with E-state index in [0.717, 1.165) is 6.07 Å². The largest absolute Gasteiger partial charge is 0.491 e. The van der Waals surface area contributed by atoms with Gasteiger partial charge in [0.25, 0.3) is 0 Å². The quantitative estimate of drug-likeness (QED) is 0.431. The number of hydrogen-bond acceptors (Lipinski definition) is 4. The van der Waals surface area contributed by atoms with Crippen LogP contribution in [0.3, 0.4) is 0 Å². The molecule has 0 atom stereocenters. The van der Waals surface area contributed by atoms with Crippen LogP contribution < -0.4 is 11.2 Å². The Morgan fingerprint density at radius 3 is 2.64 bits per heavy atom. The van der Waals surface area contributed by atoms with Crippen molar-refractivity contribution in [1.29, 1.82) is 0 Å². The predicted molar refractivity (Wildman–Crippen MR) is 38.4 cm³/mol. The maximum atomic E-state index is 12.7. The third kappa shape index (κ3) is 1.47. The molecule has 0 radical (unpaired) electrons. The van der Waals surface area contributed by atoms with Crippen molar-refractivity contribution in [3.8, 4) is 0 Å². The van der Waals surface area contributed by atoms with Crippen molar-refractivity contribution in [2.75, 3.05) is 5.73 Å². The van der Waals surface area contributed by atoms with Gasteiger partial charge in [-0.3, -0.25) is 0 Å². The van der Waals surface area contributed by atoms with Crippen LogP contribution in [0.1, 0.15) is 0 Å². The summed E-state index contributed by atoms with van der Waals surface area (Å²) in [6.07, 6.45) is 1.20. The fourth-order valence-corrected chi connectivity index (χ4v) is 0.675. The van der Waals surface area contributed by atoms with E-state index in [1.54, 1.807) is 0 Å². The van der Waals surface area contributed by atoms with E-state index in [2.05, 4.69) is 4.98 Å². The summed E-state index contributed by atoms with van der Waals surface area (Å²) in [4.78, 5) is 3.40. The SMILES string of the molecule is Nc1nccc(B(O)O)c1F. The zero-order chi connectivity index (χ0) is 8.43. The molecule has 0 saturated heterocycles. The van der Waals surface area contributed by atoms with Crippen LogP contribution >= 0.6 is 0 Å². The smallest absolute Gasteiger partial charge is 0.423 e. The number of nitrogen functional groups attached to an aromatic ring is 1. The molecule has 0 fully saturated rings. The van der Waals surface area contributed by atoms with Gasteiger partial charge in [0.05, 0.1) is 0 Å². The number of nitrogens with zero attached hydrogens (tertiary/aromatic N) is 1. The summed E-state index contributed by atoms with van der Waals surface area (Å²) in [5.41, 5.74) is 4.78. The number of rotatable bonds is 1. The van der Waals surface area contributed by atoms with Gasteiger partial charge in [0, 0.05) is 11.7 Å². The van der Waals surface area contributed by atoms with Crippen LogP contribution in [0.4, 0.5) is 10.2 Å². The molecule has 0 amide bonds. The van der Waals surface area contributed by atoms with Crippen LogP contribution in [0.5, 0.6) is 0 Å². The Hall–Kier alpha value is -1.14. The highest BCUT2D eigenvalue weighted by molar-refractivity contribution is 6.58. The second kappa shape index (κ2) is 2.85. The fraction of sp³-hybridized carbons (Fsp3) is 0. The standard InChI is InChI=1S/C5H6BFN2O2/c7-4-3(6(10)11)1-2-9-5(4)8/h1-2,10-11H,(H2,8,9). The third-order valence-corrected chi connectivity index (χ3v) is 1.22. The highest BCUT2D eigenvalue weighted by Crippen LogP contribution is 2.00. The lowest BCUT2D eigenvalue weighted by Gasteiger charge is -2.01. The molecule has 0 aliphatic rings. The molecule has 0 bridgehead atoms. The van der Waals surface area contributed by atoms with Crippen LogP contribution in [-0.4, -0.2) is 22.2 Å². The van der Waals surface area contributed by atoms with E-state index in [0.29, 0.717) is 0 Å². The Balaban J connectivity index is 3.17. The van der Waals surface area contributed by atoms with Crippen LogP contribution in [0, 0.1) is 5.82 Å². The first-order valence-electron chi connectivity index (χ1n) is 2.89. The van der Waals surface area contributed by atoms with Gasteiger partial charge in [0.1, 0.15) is 0 Å². The summed E-state index contributed by atoms with van der Waals surface area (Å²) >= 11 is 0. The van der Waals surface area contributed by atoms with Gasteiger partial charge < -0.3 is 15.8 Å². The number of aromatic nitrogens is 1. The van der Waals surface area contributed by atoms with Crippen molar-refractivity contribution >= 4 is 18.4 Å². The average Bonchev–Trinajstić information content (AvgIpc) is 1.94. The van der Waals surface area contributed by atoms with Crippen LogP contribution in [0.2, 0.25) is 0 Å². The van der Waals surface area contributed by atoms with Gasteiger partial charge in [-0.1, -0.05) is 0 Å². The molecule has 1 aromatic rings. The average molecular weight is 156 g/mol. The molecule has 0 saturated carbocycles. The Labute approximate surface area is 62.6 Å². The number of hydrogen-bond donors (Lipinski definition) is 3. The molecular formula is C5H6BFN2O2. The maximum Gasteiger partial charge on any atom is 0.491 e. The molecule has 58 valence electrons. The second-order valence-corrected chi connectivity index (χ2v) is 1.97. The molecule has 0 spiro atoms. The van der Waals surface area contributed by atoms with E-state index in [-0.39, 0.29) is 11.3 Å². The zero-order valence-corrected chi connectivity index (χ0v) is 5.53. The lowest BCUT2D eigenvalue weighted by Crippen LogP contribution is -2.33. The predicted octanol–water partition coefficient (Wildman–Crippen LogP) is -1.52. The Morgan fingerprint density at radius 2 is 2.18 bits per heavy atom. The molecule has 0 aliphatic carbocycles. The summed E-state index contributed by atoms with van der Waals surface area (Å²) in [6.45, 7) is 0. The van der Waals surface area contributed by atoms with E-state index >= 15 is 0 Å². The van der Waals surface area contributed by atoms with Crippen molar-refractivity contribution in [3.63, 3.8) is 0 Å². The molecule has 11 heavy (non-hydrogen) atoms. The van der Waals surface area contributed by atoms with Crippen molar-refractivity contribution in [2.45, 2.75) is 0 Å². The third-order valence-electron chi connectivity index (χ3n) is 1.22. The van der Waals surface area contributed by atoms with E-state index < -0.39 is 12.9 Å². The van der Waals surface area contributed by atoms with Gasteiger partial charge in [0.15, 0.2) is 11.6 Å². The van der Waals surface area contributed by atoms with E-state index in [4.69, 9.17) is 15.8 Å². The van der Waals surface area contributed by atoms with E-state index in [1.807, 2.05) is 0 Å². The summed E-state index contributed by atoms with van der Waals surface area (Å²) in [5, 5.41) is 17.1. The van der Waals surface area contributed by atoms with Crippen LogP contribution in [0.25, 0.3) is 0 Å². The Morgan fingerprint density at radius 1 is 1.55 bits per heavy atom. The van der Waals surface area contributed by atoms with Gasteiger partial charge in [-0.25, -0.2) is 9.37 Å². The molecule has 4 nitrogen and oxygen atoms in total. The summed E-state index contributed by atoms with van der Waals surface area (Å²) in [7, 11) is -1.85. The van der Waals surface area contributed by atoms with E-state index in [9.17, 15) is 4.39 Å². The topological polar surface area (TPSA) is 79.4 Å². The molecule has 0 aromatic carbocycles. The number of halogens is 1. The minimum Gasteiger partial charge on any atom is -0.423 e. The minimum atomic E-state index is -1.85. The first-order valence-corrected chi connectivity index (χ1v) is 2.89. The van der Waals surface area contributed by atoms with Crippen LogP contribution in [0.15, 0.2) is 12.3 Å². The molecule has 4 N–H and O–H groups in total. The summed E-state index contributed by atoms with van der Waals surface area (Å²) in [6, 6.07) is 1.15. The first kappa shape index (κ1) is 7.97. The van der Waals surface area contributed by atoms with Gasteiger partial charge in [0.2, 0.25) is 0 Å². The van der Waals surface area contributed by atoms with Crippen molar-refractivity contribution in [1.82, 2.24) is 4.98 Å². The molecule has 6 heteroatoms. The number of nitrogens with two attached hydrogens (primary N) is 1. The van der Waals surface area contributed by atoms with Crippen molar-refractivity contribution < 1.29 is 14.4 Å². The van der Waals surface area contributed by atoms with Gasteiger partial charge in [-0.05, 0) is 6.07 Å². The lowest BCUT2D eigenvalue weighted by atomic mass is 9.80. The van der Waals surface area contributed by atoms with Gasteiger partial charge >= 0.3 is 7.12 Å². The maximum absolute atomic E-state index is 12.7. The molecule has 1 aromatic heterocycles. The molecular weight excluding hydrogens is 150 g/mol. The molecule has 1 heterocycles. The normalized spacial score (nSPS) is 9.73. The number of pyridine rings is 1. The van der Waals surface area contributed by atoms with Gasteiger partial charge in [-0.15, -0.1) is 0 Å². The van der Waals surface area contributed by atoms with Crippen molar-refractivity contribution in [2.24, 2.45) is 0 Å². The lowest BCUT2D eigenvalue weighted by molar-refractivity contribution is 0.423. The number of anilines is 1. The Bertz CT molecular complexity index is 269. The van der Waals surface area contributed by atoms with Crippen molar-refractivity contribution in [3.05, 3.63) is 18.1 Å². The minimum absolute atomic E-state index is 0.266. The van der Waals surface area contributed by atoms with E-state index in [1.165, 1.54) is 6.20 Å². The molecule has 1 rings (SSSR count). The van der Waals surface area contributed by atoms with Crippen LogP contribution in [-0.2, 0) is 0 Å². The van der Waals surface area contributed by atoms with Gasteiger partial charge in [-0.2, -0.15) is 0 Å². The summed E-state index contributed by atoms with van der Waals surface area (Å²) < 4.78 is 12.7. The highest BCUT2D eigenvalue weighted by Gasteiger charge is 2.17. The highest BCUT2D eigenvalue weighted by atomic mass is 19.1. The fourth-order valence-electron chi connectivity index (χ4n) is 0.675. The first-order chi connectivity index (χ1) is 5.13. The monoisotopic (exact) mass is 156 g/mol. The molecule has 0 unspecified atom stereocenters. The Kier molecular flexibility index (Phi) is 2.07. The second-order valence-electron chi connectivity index (χ2n) is 1.97. The zero-order valence-electron chi connectivity index (χ0n) is 5.53.